The normalized spacial score (nSPS) is 11.8. The fourth-order valence-corrected chi connectivity index (χ4v) is 8.87. The van der Waals surface area contributed by atoms with Gasteiger partial charge in [-0.05, 0) is 77.0 Å². The Morgan fingerprint density at radius 2 is 0.983 bits per heavy atom. The van der Waals surface area contributed by atoms with Crippen LogP contribution in [0.1, 0.15) is 0 Å². The minimum atomic E-state index is 0.841. The van der Waals surface area contributed by atoms with Crippen molar-refractivity contribution in [1.29, 1.82) is 0 Å². The van der Waals surface area contributed by atoms with Crippen LogP contribution in [-0.4, -0.2) is 24.1 Å². The molecule has 5 nitrogen and oxygen atoms in total. The first-order valence-electron chi connectivity index (χ1n) is 19.6. The van der Waals surface area contributed by atoms with Crippen LogP contribution in [0.5, 0.6) is 0 Å². The quantitative estimate of drug-likeness (QED) is 0.177. The van der Waals surface area contributed by atoms with Crippen LogP contribution in [0.4, 0.5) is 0 Å². The maximum absolute atomic E-state index is 5.23. The van der Waals surface area contributed by atoms with Crippen molar-refractivity contribution < 1.29 is 0 Å². The van der Waals surface area contributed by atoms with E-state index in [-0.39, 0.29) is 0 Å². The molecule has 0 spiro atoms. The molecule has 0 radical (unpaired) electrons. The van der Waals surface area contributed by atoms with Gasteiger partial charge in [-0.15, -0.1) is 0 Å². The van der Waals surface area contributed by atoms with Crippen LogP contribution in [-0.2, 0) is 0 Å². The highest BCUT2D eigenvalue weighted by Crippen LogP contribution is 2.42. The molecule has 0 saturated heterocycles. The average Bonchev–Trinajstić information content (AvgIpc) is 3.80. The summed E-state index contributed by atoms with van der Waals surface area (Å²) in [4.78, 5) is 15.5. The SMILES string of the molecule is c1ccc(-c2nc3ccc(-c4ccc(-n5c6ccccc6c6cc7c8c9ccccc9ccc8n(-c8ccccc8)c7cc65)nc4)cc3nc2-c2ccccc2)cc1. The van der Waals surface area contributed by atoms with Gasteiger partial charge in [-0.25, -0.2) is 15.0 Å². The largest absolute Gasteiger partial charge is 0.309 e. The van der Waals surface area contributed by atoms with Crippen LogP contribution < -0.4 is 0 Å². The number of nitrogens with zero attached hydrogens (tertiary/aromatic N) is 5. The number of pyridine rings is 1. The third-order valence-corrected chi connectivity index (χ3v) is 11.5. The lowest BCUT2D eigenvalue weighted by molar-refractivity contribution is 1.08. The van der Waals surface area contributed by atoms with E-state index in [1.807, 2.05) is 42.6 Å². The van der Waals surface area contributed by atoms with Gasteiger partial charge in [0.1, 0.15) is 5.82 Å². The third-order valence-electron chi connectivity index (χ3n) is 11.5. The van der Waals surface area contributed by atoms with Crippen LogP contribution in [0.25, 0.3) is 111 Å². The van der Waals surface area contributed by atoms with Gasteiger partial charge in [0.2, 0.25) is 0 Å². The minimum absolute atomic E-state index is 0.841. The van der Waals surface area contributed by atoms with E-state index in [0.29, 0.717) is 0 Å². The fourth-order valence-electron chi connectivity index (χ4n) is 8.87. The molecule has 0 unspecified atom stereocenters. The maximum Gasteiger partial charge on any atom is 0.137 e. The molecule has 12 aromatic rings. The highest BCUT2D eigenvalue weighted by Gasteiger charge is 2.20. The summed E-state index contributed by atoms with van der Waals surface area (Å²) in [5, 5.41) is 7.40. The zero-order valence-corrected chi connectivity index (χ0v) is 31.3. The van der Waals surface area contributed by atoms with Gasteiger partial charge in [0, 0.05) is 50.1 Å². The second-order valence-corrected chi connectivity index (χ2v) is 14.9. The zero-order valence-electron chi connectivity index (χ0n) is 31.3. The molecule has 270 valence electrons. The van der Waals surface area contributed by atoms with Crippen molar-refractivity contribution in [1.82, 2.24) is 24.1 Å². The number of para-hydroxylation sites is 2. The van der Waals surface area contributed by atoms with Gasteiger partial charge in [0.05, 0.1) is 44.5 Å². The van der Waals surface area contributed by atoms with Crippen molar-refractivity contribution in [3.63, 3.8) is 0 Å². The lowest BCUT2D eigenvalue weighted by Gasteiger charge is -2.12. The maximum atomic E-state index is 5.23. The van der Waals surface area contributed by atoms with Crippen molar-refractivity contribution >= 4 is 65.4 Å². The number of hydrogen-bond donors (Lipinski definition) is 0. The van der Waals surface area contributed by atoms with E-state index in [0.717, 1.165) is 72.7 Å². The predicted octanol–water partition coefficient (Wildman–Crippen LogP) is 13.4. The van der Waals surface area contributed by atoms with Crippen LogP contribution in [0.2, 0.25) is 0 Å². The van der Waals surface area contributed by atoms with E-state index in [1.54, 1.807) is 0 Å². The van der Waals surface area contributed by atoms with Crippen LogP contribution in [0.3, 0.4) is 0 Å². The van der Waals surface area contributed by atoms with Gasteiger partial charge >= 0.3 is 0 Å². The molecule has 0 aliphatic rings. The molecule has 0 saturated carbocycles. The molecule has 0 atom stereocenters. The molecule has 4 heterocycles. The summed E-state index contributed by atoms with van der Waals surface area (Å²) in [7, 11) is 0. The summed E-state index contributed by atoms with van der Waals surface area (Å²) >= 11 is 0. The van der Waals surface area contributed by atoms with Crippen molar-refractivity contribution in [2.75, 3.05) is 0 Å². The van der Waals surface area contributed by atoms with Crippen molar-refractivity contribution in [3.8, 4) is 45.1 Å². The number of aromatic nitrogens is 5. The summed E-state index contributed by atoms with van der Waals surface area (Å²) in [6.45, 7) is 0. The molecule has 58 heavy (non-hydrogen) atoms. The molecule has 0 bridgehead atoms. The van der Waals surface area contributed by atoms with Gasteiger partial charge in [0.15, 0.2) is 0 Å². The third kappa shape index (κ3) is 5.00. The van der Waals surface area contributed by atoms with Crippen LogP contribution in [0, 0.1) is 0 Å². The second-order valence-electron chi connectivity index (χ2n) is 14.9. The van der Waals surface area contributed by atoms with E-state index in [9.17, 15) is 0 Å². The van der Waals surface area contributed by atoms with E-state index in [2.05, 4.69) is 167 Å². The minimum Gasteiger partial charge on any atom is -0.309 e. The van der Waals surface area contributed by atoms with Gasteiger partial charge in [0.25, 0.3) is 0 Å². The molecular formula is C53H33N5. The van der Waals surface area contributed by atoms with Crippen LogP contribution in [0.15, 0.2) is 200 Å². The first-order chi connectivity index (χ1) is 28.8. The van der Waals surface area contributed by atoms with Crippen molar-refractivity contribution in [2.45, 2.75) is 0 Å². The molecule has 4 aromatic heterocycles. The number of benzene rings is 8. The molecular weight excluding hydrogens is 707 g/mol. The molecule has 0 aliphatic carbocycles. The molecule has 0 amide bonds. The first kappa shape index (κ1) is 32.4. The smallest absolute Gasteiger partial charge is 0.137 e. The summed E-state index contributed by atoms with van der Waals surface area (Å²) < 4.78 is 4.71. The summed E-state index contributed by atoms with van der Waals surface area (Å²) in [6, 6.07) is 68.6. The van der Waals surface area contributed by atoms with E-state index < -0.39 is 0 Å². The summed E-state index contributed by atoms with van der Waals surface area (Å²) in [5.74, 6) is 0.863. The monoisotopic (exact) mass is 739 g/mol. The predicted molar refractivity (Wildman–Crippen MR) is 240 cm³/mol. The number of hydrogen-bond acceptors (Lipinski definition) is 3. The van der Waals surface area contributed by atoms with Crippen LogP contribution >= 0.6 is 0 Å². The Bertz CT molecular complexity index is 3530. The Kier molecular flexibility index (Phi) is 7.16. The Morgan fingerprint density at radius 3 is 1.72 bits per heavy atom. The topological polar surface area (TPSA) is 48.5 Å². The molecule has 0 fully saturated rings. The fraction of sp³-hybridized carbons (Fsp3) is 0. The standard InChI is InChI=1S/C53H33N5/c1-4-15-35(16-5-1)52-53(36-17-6-2-7-18-36)56-45-30-37(24-27-44(45)55-52)38-26-29-50(54-33-38)58-46-23-13-12-22-41(46)42-31-43-49(32-48(42)58)57(39-19-8-3-9-20-39)47-28-25-34-14-10-11-21-40(34)51(43)47/h1-33H. The van der Waals surface area contributed by atoms with Crippen molar-refractivity contribution in [3.05, 3.63) is 200 Å². The Balaban J connectivity index is 1.02. The van der Waals surface area contributed by atoms with Gasteiger partial charge < -0.3 is 4.57 Å². The van der Waals surface area contributed by atoms with E-state index in [1.165, 1.54) is 37.8 Å². The highest BCUT2D eigenvalue weighted by atomic mass is 15.1. The highest BCUT2D eigenvalue weighted by molar-refractivity contribution is 6.25. The Labute approximate surface area is 333 Å². The Hall–Kier alpha value is -7.89. The van der Waals surface area contributed by atoms with E-state index in [4.69, 9.17) is 15.0 Å². The van der Waals surface area contributed by atoms with Gasteiger partial charge in [-0.1, -0.05) is 133 Å². The molecule has 0 N–H and O–H groups in total. The van der Waals surface area contributed by atoms with Gasteiger partial charge in [-0.3, -0.25) is 4.57 Å². The van der Waals surface area contributed by atoms with Crippen molar-refractivity contribution in [2.24, 2.45) is 0 Å². The molecule has 8 aromatic carbocycles. The average molecular weight is 740 g/mol. The molecule has 0 aliphatic heterocycles. The number of rotatable bonds is 5. The lowest BCUT2D eigenvalue weighted by Crippen LogP contribution is -1.98. The summed E-state index contributed by atoms with van der Waals surface area (Å²) in [6.07, 6.45) is 1.98. The first-order valence-corrected chi connectivity index (χ1v) is 19.6. The van der Waals surface area contributed by atoms with Gasteiger partial charge in [-0.2, -0.15) is 0 Å². The molecule has 5 heteroatoms. The Morgan fingerprint density at radius 1 is 0.345 bits per heavy atom. The molecule has 12 rings (SSSR count). The number of fused-ring (bicyclic) bond motifs is 9. The second kappa shape index (κ2) is 12.8. The van der Waals surface area contributed by atoms with E-state index >= 15 is 0 Å². The summed E-state index contributed by atoms with van der Waals surface area (Å²) in [5.41, 5.74) is 13.3. The lowest BCUT2D eigenvalue weighted by atomic mass is 10.0. The zero-order chi connectivity index (χ0) is 38.2.